The van der Waals surface area contributed by atoms with Gasteiger partial charge in [-0.15, -0.1) is 0 Å². The van der Waals surface area contributed by atoms with Gasteiger partial charge in [0.05, 0.1) is 6.61 Å². The Kier molecular flexibility index (Phi) is 12.1. The van der Waals surface area contributed by atoms with Crippen LogP contribution in [0, 0.1) is 0 Å². The van der Waals surface area contributed by atoms with E-state index in [4.69, 9.17) is 9.47 Å². The zero-order chi connectivity index (χ0) is 23.7. The Hall–Kier alpha value is -3.40. The van der Waals surface area contributed by atoms with Crippen LogP contribution in [0.5, 0.6) is 0 Å². The Labute approximate surface area is 197 Å². The molecule has 0 atom stereocenters. The number of aryl methyl sites for hydroxylation is 2. The lowest BCUT2D eigenvalue weighted by Gasteiger charge is -2.06. The molecule has 0 aliphatic carbocycles. The third-order valence-electron chi connectivity index (χ3n) is 5.19. The third-order valence-corrected chi connectivity index (χ3v) is 5.19. The van der Waals surface area contributed by atoms with Gasteiger partial charge in [0.15, 0.2) is 0 Å². The molecule has 0 aliphatic heterocycles. The summed E-state index contributed by atoms with van der Waals surface area (Å²) < 4.78 is 10.0. The molecule has 0 saturated carbocycles. The van der Waals surface area contributed by atoms with Crippen LogP contribution >= 0.6 is 0 Å². The van der Waals surface area contributed by atoms with Crippen molar-refractivity contribution >= 4 is 18.0 Å². The summed E-state index contributed by atoms with van der Waals surface area (Å²) in [6.45, 7) is 7.50. The highest BCUT2D eigenvalue weighted by Crippen LogP contribution is 2.14. The highest BCUT2D eigenvalue weighted by molar-refractivity contribution is 5.81. The topological polar surface area (TPSA) is 52.6 Å². The fraction of sp³-hybridized carbons (Fsp3) is 0.310. The standard InChI is InChI=1S/C29H34O4/c1-3-28(30)32-21-10-6-5-7-13-25-15-11-16-26(22-25)14-9-8-12-24-17-19-27(20-18-24)23-33-29(31)4-2/h3-4,7,11,13,15-20,22H,1-2,5-6,8-10,12,14,21,23H2/b13-7+. The van der Waals surface area contributed by atoms with Gasteiger partial charge in [-0.2, -0.15) is 0 Å². The maximum atomic E-state index is 11.1. The van der Waals surface area contributed by atoms with E-state index in [1.54, 1.807) is 0 Å². The van der Waals surface area contributed by atoms with Gasteiger partial charge in [-0.05, 0) is 67.2 Å². The SMILES string of the molecule is C=CC(=O)OCCCC/C=C/c1cccc(CCCCc2ccc(COC(=O)C=C)cc2)c1. The second-order valence-corrected chi connectivity index (χ2v) is 7.85. The quantitative estimate of drug-likeness (QED) is 0.181. The van der Waals surface area contributed by atoms with Crippen molar-refractivity contribution in [2.75, 3.05) is 6.61 Å². The van der Waals surface area contributed by atoms with E-state index in [1.165, 1.54) is 28.8 Å². The first-order chi connectivity index (χ1) is 16.1. The van der Waals surface area contributed by atoms with Crippen molar-refractivity contribution in [3.8, 4) is 0 Å². The summed E-state index contributed by atoms with van der Waals surface area (Å²) >= 11 is 0. The molecule has 2 aromatic carbocycles. The monoisotopic (exact) mass is 446 g/mol. The van der Waals surface area contributed by atoms with Gasteiger partial charge in [0.25, 0.3) is 0 Å². The smallest absolute Gasteiger partial charge is 0.330 e. The number of unbranched alkanes of at least 4 members (excludes halogenated alkanes) is 3. The van der Waals surface area contributed by atoms with E-state index in [-0.39, 0.29) is 12.6 Å². The van der Waals surface area contributed by atoms with E-state index in [2.05, 4.69) is 61.7 Å². The Morgan fingerprint density at radius 1 is 0.758 bits per heavy atom. The van der Waals surface area contributed by atoms with E-state index in [0.29, 0.717) is 6.61 Å². The lowest BCUT2D eigenvalue weighted by Crippen LogP contribution is -2.01. The molecule has 0 fully saturated rings. The van der Waals surface area contributed by atoms with Crippen molar-refractivity contribution in [1.82, 2.24) is 0 Å². The lowest BCUT2D eigenvalue weighted by molar-refractivity contribution is -0.139. The zero-order valence-corrected chi connectivity index (χ0v) is 19.3. The van der Waals surface area contributed by atoms with E-state index in [1.807, 2.05) is 12.1 Å². The molecule has 0 unspecified atom stereocenters. The normalized spacial score (nSPS) is 10.7. The first-order valence-corrected chi connectivity index (χ1v) is 11.5. The second kappa shape index (κ2) is 15.4. The maximum absolute atomic E-state index is 11.1. The molecule has 0 radical (unpaired) electrons. The predicted molar refractivity (Wildman–Crippen MR) is 134 cm³/mol. The van der Waals surface area contributed by atoms with E-state index in [0.717, 1.165) is 50.5 Å². The number of carbonyl (C=O) groups is 2. The van der Waals surface area contributed by atoms with Crippen LogP contribution in [0.1, 0.15) is 54.4 Å². The average Bonchev–Trinajstić information content (AvgIpc) is 2.85. The van der Waals surface area contributed by atoms with Gasteiger partial charge in [0.1, 0.15) is 6.61 Å². The lowest BCUT2D eigenvalue weighted by atomic mass is 10.0. The van der Waals surface area contributed by atoms with E-state index in [9.17, 15) is 9.59 Å². The molecule has 4 heteroatoms. The van der Waals surface area contributed by atoms with Crippen LogP contribution < -0.4 is 0 Å². The van der Waals surface area contributed by atoms with Crippen LogP contribution in [0.4, 0.5) is 0 Å². The fourth-order valence-corrected chi connectivity index (χ4v) is 3.34. The second-order valence-electron chi connectivity index (χ2n) is 7.85. The molecule has 4 nitrogen and oxygen atoms in total. The number of esters is 2. The van der Waals surface area contributed by atoms with Crippen molar-refractivity contribution in [2.45, 2.75) is 51.6 Å². The minimum atomic E-state index is -0.401. The minimum absolute atomic E-state index is 0.279. The minimum Gasteiger partial charge on any atom is -0.463 e. The molecule has 2 aromatic rings. The number of benzene rings is 2. The van der Waals surface area contributed by atoms with Crippen molar-refractivity contribution < 1.29 is 19.1 Å². The van der Waals surface area contributed by atoms with Crippen LogP contribution in [0.2, 0.25) is 0 Å². The number of carbonyl (C=O) groups excluding carboxylic acids is 2. The summed E-state index contributed by atoms with van der Waals surface area (Å²) in [5.41, 5.74) is 4.85. The largest absolute Gasteiger partial charge is 0.463 e. The van der Waals surface area contributed by atoms with E-state index < -0.39 is 5.97 Å². The number of hydrogen-bond donors (Lipinski definition) is 0. The fourth-order valence-electron chi connectivity index (χ4n) is 3.34. The van der Waals surface area contributed by atoms with Gasteiger partial charge in [-0.3, -0.25) is 0 Å². The maximum Gasteiger partial charge on any atom is 0.330 e. The third kappa shape index (κ3) is 11.2. The highest BCUT2D eigenvalue weighted by atomic mass is 16.5. The molecule has 0 N–H and O–H groups in total. The van der Waals surface area contributed by atoms with Gasteiger partial charge in [0.2, 0.25) is 0 Å². The van der Waals surface area contributed by atoms with Gasteiger partial charge < -0.3 is 9.47 Å². The Balaban J connectivity index is 1.65. The summed E-state index contributed by atoms with van der Waals surface area (Å²) in [5.74, 6) is -0.758. The summed E-state index contributed by atoms with van der Waals surface area (Å²) in [6.07, 6.45) is 13.9. The molecule has 0 amide bonds. The van der Waals surface area contributed by atoms with Crippen LogP contribution in [0.3, 0.4) is 0 Å². The van der Waals surface area contributed by atoms with Gasteiger partial charge in [0, 0.05) is 12.2 Å². The molecule has 2 rings (SSSR count). The highest BCUT2D eigenvalue weighted by Gasteiger charge is 2.00. The summed E-state index contributed by atoms with van der Waals surface area (Å²) in [4.78, 5) is 22.1. The van der Waals surface area contributed by atoms with Crippen LogP contribution in [0.25, 0.3) is 6.08 Å². The van der Waals surface area contributed by atoms with Crippen molar-refractivity contribution in [1.29, 1.82) is 0 Å². The summed E-state index contributed by atoms with van der Waals surface area (Å²) in [6, 6.07) is 16.9. The zero-order valence-electron chi connectivity index (χ0n) is 19.3. The Morgan fingerprint density at radius 2 is 1.42 bits per heavy atom. The van der Waals surface area contributed by atoms with Gasteiger partial charge >= 0.3 is 11.9 Å². The van der Waals surface area contributed by atoms with Crippen molar-refractivity contribution in [3.63, 3.8) is 0 Å². The van der Waals surface area contributed by atoms with Gasteiger partial charge in [-0.1, -0.05) is 73.8 Å². The first kappa shape index (κ1) is 25.9. The molecule has 33 heavy (non-hydrogen) atoms. The molecule has 0 heterocycles. The first-order valence-electron chi connectivity index (χ1n) is 11.5. The number of hydrogen-bond acceptors (Lipinski definition) is 4. The molecule has 174 valence electrons. The molecule has 0 saturated heterocycles. The van der Waals surface area contributed by atoms with Crippen LogP contribution in [-0.4, -0.2) is 18.5 Å². The number of allylic oxidation sites excluding steroid dienone is 1. The summed E-state index contributed by atoms with van der Waals surface area (Å²) in [5, 5.41) is 0. The Morgan fingerprint density at radius 3 is 2.15 bits per heavy atom. The van der Waals surface area contributed by atoms with Crippen molar-refractivity contribution in [2.24, 2.45) is 0 Å². The van der Waals surface area contributed by atoms with E-state index >= 15 is 0 Å². The van der Waals surface area contributed by atoms with Crippen molar-refractivity contribution in [3.05, 3.63) is 102 Å². The molecule has 0 bridgehead atoms. The predicted octanol–water partition coefficient (Wildman–Crippen LogP) is 6.39. The van der Waals surface area contributed by atoms with Gasteiger partial charge in [-0.25, -0.2) is 9.59 Å². The van der Waals surface area contributed by atoms with Crippen LogP contribution in [-0.2, 0) is 38.5 Å². The Bertz CT molecular complexity index is 925. The molecular weight excluding hydrogens is 412 g/mol. The molecule has 0 aliphatic rings. The molecule has 0 aromatic heterocycles. The number of ether oxygens (including phenoxy) is 2. The van der Waals surface area contributed by atoms with Crippen LogP contribution in [0.15, 0.2) is 79.9 Å². The summed E-state index contributed by atoms with van der Waals surface area (Å²) in [7, 11) is 0. The molecule has 0 spiro atoms. The molecular formula is C29H34O4. The number of rotatable bonds is 15. The average molecular weight is 447 g/mol.